The van der Waals surface area contributed by atoms with E-state index in [-0.39, 0.29) is 24.0 Å². The van der Waals surface area contributed by atoms with Crippen LogP contribution in [0.25, 0.3) is 0 Å². The first-order valence-corrected chi connectivity index (χ1v) is 8.11. The molecule has 0 unspecified atom stereocenters. The van der Waals surface area contributed by atoms with E-state index < -0.39 is 0 Å². The average molecular weight is 429 g/mol. The molecule has 5 heteroatoms. The Labute approximate surface area is 154 Å². The number of hydrogen-bond acceptors (Lipinski definition) is 2. The van der Waals surface area contributed by atoms with Gasteiger partial charge >= 0.3 is 0 Å². The zero-order chi connectivity index (χ0) is 15.1. The molecule has 0 amide bonds. The summed E-state index contributed by atoms with van der Waals surface area (Å²) in [5, 5.41) is 6.72. The number of hydrogen-bond donors (Lipinski definition) is 2. The van der Waals surface area contributed by atoms with Crippen LogP contribution in [0.2, 0.25) is 0 Å². The summed E-state index contributed by atoms with van der Waals surface area (Å²) in [5.41, 5.74) is 2.59. The summed E-state index contributed by atoms with van der Waals surface area (Å²) >= 11 is 1.86. The number of thiophene rings is 1. The van der Waals surface area contributed by atoms with E-state index in [1.807, 2.05) is 11.3 Å². The van der Waals surface area contributed by atoms with Gasteiger partial charge in [0.15, 0.2) is 5.96 Å². The predicted octanol–water partition coefficient (Wildman–Crippen LogP) is 4.10. The molecule has 0 fully saturated rings. The van der Waals surface area contributed by atoms with Crippen LogP contribution in [0.4, 0.5) is 0 Å². The van der Waals surface area contributed by atoms with Gasteiger partial charge in [0, 0.05) is 23.3 Å². The highest BCUT2D eigenvalue weighted by Crippen LogP contribution is 2.16. The number of nitrogens with zero attached hydrogens (tertiary/aromatic N) is 1. The zero-order valence-electron chi connectivity index (χ0n) is 13.3. The summed E-state index contributed by atoms with van der Waals surface area (Å²) in [6.07, 6.45) is 1.10. The second-order valence-corrected chi connectivity index (χ2v) is 6.18. The van der Waals surface area contributed by atoms with E-state index >= 15 is 0 Å². The third kappa shape index (κ3) is 5.61. The number of aliphatic imine (C=N–C) groups is 1. The van der Waals surface area contributed by atoms with Gasteiger partial charge in [0.2, 0.25) is 0 Å². The SMILES string of the molecule is CCc1ccc(CNC(=NC)NCc2ccccc2C)s1.I. The molecule has 22 heavy (non-hydrogen) atoms. The van der Waals surface area contributed by atoms with Crippen molar-refractivity contribution in [3.63, 3.8) is 0 Å². The number of guanidine groups is 1. The highest BCUT2D eigenvalue weighted by atomic mass is 127. The molecule has 1 heterocycles. The lowest BCUT2D eigenvalue weighted by molar-refractivity contribution is 0.812. The lowest BCUT2D eigenvalue weighted by Gasteiger charge is -2.12. The fourth-order valence-corrected chi connectivity index (χ4v) is 2.98. The number of aryl methyl sites for hydroxylation is 2. The second-order valence-electron chi connectivity index (χ2n) is 4.93. The minimum absolute atomic E-state index is 0. The first-order chi connectivity index (χ1) is 10.2. The third-order valence-electron chi connectivity index (χ3n) is 3.43. The van der Waals surface area contributed by atoms with E-state index in [4.69, 9.17) is 0 Å². The van der Waals surface area contributed by atoms with Crippen LogP contribution in [-0.2, 0) is 19.5 Å². The maximum atomic E-state index is 4.27. The van der Waals surface area contributed by atoms with Gasteiger partial charge in [-0.05, 0) is 36.6 Å². The molecule has 0 bridgehead atoms. The quantitative estimate of drug-likeness (QED) is 0.427. The molecule has 120 valence electrons. The van der Waals surface area contributed by atoms with Crippen LogP contribution in [0, 0.1) is 6.92 Å². The van der Waals surface area contributed by atoms with Crippen molar-refractivity contribution in [3.8, 4) is 0 Å². The number of nitrogens with one attached hydrogen (secondary N) is 2. The van der Waals surface area contributed by atoms with E-state index in [0.717, 1.165) is 25.5 Å². The van der Waals surface area contributed by atoms with Gasteiger partial charge in [-0.1, -0.05) is 31.2 Å². The van der Waals surface area contributed by atoms with Crippen molar-refractivity contribution >= 4 is 41.3 Å². The average Bonchev–Trinajstić information content (AvgIpc) is 2.97. The van der Waals surface area contributed by atoms with Crippen LogP contribution in [0.15, 0.2) is 41.4 Å². The maximum Gasteiger partial charge on any atom is 0.191 e. The minimum atomic E-state index is 0. The number of benzene rings is 1. The molecule has 0 radical (unpaired) electrons. The van der Waals surface area contributed by atoms with Gasteiger partial charge in [0.1, 0.15) is 0 Å². The predicted molar refractivity (Wildman–Crippen MR) is 107 cm³/mol. The lowest BCUT2D eigenvalue weighted by atomic mass is 10.1. The number of halogens is 1. The molecule has 1 aromatic heterocycles. The highest BCUT2D eigenvalue weighted by Gasteiger charge is 2.02. The van der Waals surface area contributed by atoms with Gasteiger partial charge in [-0.15, -0.1) is 35.3 Å². The molecule has 0 aliphatic heterocycles. The molecule has 0 spiro atoms. The summed E-state index contributed by atoms with van der Waals surface area (Å²) in [6.45, 7) is 5.92. The van der Waals surface area contributed by atoms with Crippen LogP contribution in [0.3, 0.4) is 0 Å². The molecule has 2 aromatic rings. The fourth-order valence-electron chi connectivity index (χ4n) is 2.09. The van der Waals surface area contributed by atoms with Crippen molar-refractivity contribution in [3.05, 3.63) is 57.3 Å². The van der Waals surface area contributed by atoms with Crippen molar-refractivity contribution in [2.24, 2.45) is 4.99 Å². The molecule has 1 aromatic carbocycles. The third-order valence-corrected chi connectivity index (χ3v) is 4.66. The summed E-state index contributed by atoms with van der Waals surface area (Å²) in [7, 11) is 1.80. The number of rotatable bonds is 5. The van der Waals surface area contributed by atoms with Crippen LogP contribution >= 0.6 is 35.3 Å². The molecule has 0 saturated heterocycles. The van der Waals surface area contributed by atoms with E-state index in [0.29, 0.717) is 0 Å². The van der Waals surface area contributed by atoms with Crippen molar-refractivity contribution in [2.45, 2.75) is 33.4 Å². The Morgan fingerprint density at radius 1 is 1.05 bits per heavy atom. The molecule has 2 rings (SSSR count). The first-order valence-electron chi connectivity index (χ1n) is 7.29. The van der Waals surface area contributed by atoms with Crippen LogP contribution in [-0.4, -0.2) is 13.0 Å². The molecule has 0 atom stereocenters. The molecule has 2 N–H and O–H groups in total. The zero-order valence-corrected chi connectivity index (χ0v) is 16.5. The summed E-state index contributed by atoms with van der Waals surface area (Å²) in [6, 6.07) is 12.8. The standard InChI is InChI=1S/C17H23N3S.HI/c1-4-15-9-10-16(21-15)12-20-17(18-3)19-11-14-8-6-5-7-13(14)2;/h5-10H,4,11-12H2,1-3H3,(H2,18,19,20);1H. The van der Waals surface area contributed by atoms with Crippen LogP contribution in [0.1, 0.15) is 27.8 Å². The van der Waals surface area contributed by atoms with Crippen molar-refractivity contribution in [1.29, 1.82) is 0 Å². The van der Waals surface area contributed by atoms with Gasteiger partial charge < -0.3 is 10.6 Å². The Hall–Kier alpha value is -1.08. The van der Waals surface area contributed by atoms with Crippen LogP contribution < -0.4 is 10.6 Å². The van der Waals surface area contributed by atoms with Gasteiger partial charge in [-0.3, -0.25) is 4.99 Å². The topological polar surface area (TPSA) is 36.4 Å². The summed E-state index contributed by atoms with van der Waals surface area (Å²) in [5.74, 6) is 0.838. The Kier molecular flexibility index (Phi) is 8.48. The Morgan fingerprint density at radius 3 is 2.36 bits per heavy atom. The summed E-state index contributed by atoms with van der Waals surface area (Å²) in [4.78, 5) is 7.04. The molecule has 3 nitrogen and oxygen atoms in total. The van der Waals surface area contributed by atoms with Crippen molar-refractivity contribution in [1.82, 2.24) is 10.6 Å². The van der Waals surface area contributed by atoms with Gasteiger partial charge in [0.05, 0.1) is 6.54 Å². The second kappa shape index (κ2) is 9.84. The van der Waals surface area contributed by atoms with Crippen molar-refractivity contribution < 1.29 is 0 Å². The first kappa shape index (κ1) is 19.0. The van der Waals surface area contributed by atoms with E-state index in [1.165, 1.54) is 20.9 Å². The van der Waals surface area contributed by atoms with E-state index in [2.05, 4.69) is 65.9 Å². The van der Waals surface area contributed by atoms with Gasteiger partial charge in [-0.25, -0.2) is 0 Å². The van der Waals surface area contributed by atoms with E-state index in [9.17, 15) is 0 Å². The largest absolute Gasteiger partial charge is 0.352 e. The lowest BCUT2D eigenvalue weighted by Crippen LogP contribution is -2.36. The molecular formula is C17H24IN3S. The van der Waals surface area contributed by atoms with Crippen LogP contribution in [0.5, 0.6) is 0 Å². The fraction of sp³-hybridized carbons (Fsp3) is 0.353. The minimum Gasteiger partial charge on any atom is -0.352 e. The summed E-state index contributed by atoms with van der Waals surface area (Å²) < 4.78 is 0. The van der Waals surface area contributed by atoms with Gasteiger partial charge in [0.25, 0.3) is 0 Å². The molecule has 0 saturated carbocycles. The maximum absolute atomic E-state index is 4.27. The normalized spacial score (nSPS) is 11.0. The molecule has 0 aliphatic rings. The monoisotopic (exact) mass is 429 g/mol. The highest BCUT2D eigenvalue weighted by molar-refractivity contribution is 14.0. The van der Waals surface area contributed by atoms with Gasteiger partial charge in [-0.2, -0.15) is 0 Å². The molecule has 0 aliphatic carbocycles. The Morgan fingerprint density at radius 2 is 1.73 bits per heavy atom. The molecular weight excluding hydrogens is 405 g/mol. The Bertz CT molecular complexity index is 607. The van der Waals surface area contributed by atoms with E-state index in [1.54, 1.807) is 7.05 Å². The van der Waals surface area contributed by atoms with Crippen molar-refractivity contribution in [2.75, 3.05) is 7.05 Å². The smallest absolute Gasteiger partial charge is 0.191 e. The Balaban J connectivity index is 0.00000242.